The molecule has 0 unspecified atom stereocenters. The highest BCUT2D eigenvalue weighted by atomic mass is 35.5. The zero-order valence-electron chi connectivity index (χ0n) is 9.07. The first-order valence-electron chi connectivity index (χ1n) is 5.15. The number of rotatable bonds is 3. The fourth-order valence-electron chi connectivity index (χ4n) is 1.37. The number of aromatic nitrogens is 1. The number of nitrogens with one attached hydrogen (secondary N) is 1. The van der Waals surface area contributed by atoms with Crippen LogP contribution in [-0.2, 0) is 6.54 Å². The molecule has 2 aromatic rings. The molecule has 0 saturated carbocycles. The van der Waals surface area contributed by atoms with Crippen molar-refractivity contribution in [1.29, 1.82) is 0 Å². The Morgan fingerprint density at radius 3 is 2.50 bits per heavy atom. The lowest BCUT2D eigenvalue weighted by Crippen LogP contribution is -1.99. The maximum atomic E-state index is 5.81. The molecule has 0 amide bonds. The maximum absolute atomic E-state index is 5.81. The average Bonchev–Trinajstić information content (AvgIpc) is 2.30. The van der Waals surface area contributed by atoms with Crippen LogP contribution in [0.25, 0.3) is 0 Å². The molecular formula is C13H13ClN2. The molecule has 1 aromatic heterocycles. The lowest BCUT2D eigenvalue weighted by molar-refractivity contribution is 1.09. The van der Waals surface area contributed by atoms with E-state index in [-0.39, 0.29) is 0 Å². The minimum atomic E-state index is 0.752. The van der Waals surface area contributed by atoms with Gasteiger partial charge >= 0.3 is 0 Å². The summed E-state index contributed by atoms with van der Waals surface area (Å²) in [7, 11) is 0. The third kappa shape index (κ3) is 2.97. The highest BCUT2D eigenvalue weighted by molar-refractivity contribution is 6.30. The predicted molar refractivity (Wildman–Crippen MR) is 67.8 cm³/mol. The van der Waals surface area contributed by atoms with Crippen LogP contribution in [0.15, 0.2) is 42.6 Å². The zero-order chi connectivity index (χ0) is 11.4. The summed E-state index contributed by atoms with van der Waals surface area (Å²) in [6.07, 6.45) is 1.89. The number of benzene rings is 1. The topological polar surface area (TPSA) is 24.9 Å². The van der Waals surface area contributed by atoms with Crippen LogP contribution in [0, 0.1) is 6.92 Å². The van der Waals surface area contributed by atoms with Crippen LogP contribution in [0.4, 0.5) is 5.69 Å². The van der Waals surface area contributed by atoms with E-state index in [2.05, 4.69) is 16.4 Å². The Kier molecular flexibility index (Phi) is 3.42. The number of hydrogen-bond donors (Lipinski definition) is 1. The molecule has 0 saturated heterocycles. The van der Waals surface area contributed by atoms with E-state index in [1.165, 1.54) is 5.56 Å². The van der Waals surface area contributed by atoms with Gasteiger partial charge in [-0.3, -0.25) is 4.98 Å². The Balaban J connectivity index is 1.97. The van der Waals surface area contributed by atoms with Gasteiger partial charge in [0.25, 0.3) is 0 Å². The number of halogens is 1. The number of anilines is 1. The van der Waals surface area contributed by atoms with Crippen molar-refractivity contribution in [1.82, 2.24) is 4.98 Å². The first-order valence-corrected chi connectivity index (χ1v) is 5.53. The molecular weight excluding hydrogens is 220 g/mol. The SMILES string of the molecule is Cc1ccc(CNc2ccc(Cl)cc2)cn1. The molecule has 3 heteroatoms. The number of nitrogens with zero attached hydrogens (tertiary/aromatic N) is 1. The molecule has 0 spiro atoms. The predicted octanol–water partition coefficient (Wildman–Crippen LogP) is 3.66. The van der Waals surface area contributed by atoms with Gasteiger partial charge in [0.15, 0.2) is 0 Å². The van der Waals surface area contributed by atoms with Gasteiger partial charge in [0.2, 0.25) is 0 Å². The summed E-state index contributed by atoms with van der Waals surface area (Å²) in [5.74, 6) is 0. The molecule has 82 valence electrons. The van der Waals surface area contributed by atoms with Crippen molar-refractivity contribution in [3.63, 3.8) is 0 Å². The Morgan fingerprint density at radius 1 is 1.12 bits per heavy atom. The Bertz CT molecular complexity index is 403. The molecule has 1 aromatic carbocycles. The Morgan fingerprint density at radius 2 is 1.88 bits per heavy atom. The van der Waals surface area contributed by atoms with Gasteiger partial charge in [-0.1, -0.05) is 17.7 Å². The summed E-state index contributed by atoms with van der Waals surface area (Å²) >= 11 is 5.81. The third-order valence-electron chi connectivity index (χ3n) is 2.31. The van der Waals surface area contributed by atoms with E-state index < -0.39 is 0 Å². The minimum absolute atomic E-state index is 0.752. The van der Waals surface area contributed by atoms with Gasteiger partial charge in [0, 0.05) is 29.1 Å². The second-order valence-electron chi connectivity index (χ2n) is 3.67. The van der Waals surface area contributed by atoms with Crippen molar-refractivity contribution in [2.75, 3.05) is 5.32 Å². The molecule has 0 aliphatic heterocycles. The van der Waals surface area contributed by atoms with Gasteiger partial charge in [0.05, 0.1) is 0 Å². The van der Waals surface area contributed by atoms with E-state index in [1.54, 1.807) is 0 Å². The van der Waals surface area contributed by atoms with Gasteiger partial charge in [0.1, 0.15) is 0 Å². The molecule has 1 heterocycles. The smallest absolute Gasteiger partial charge is 0.0416 e. The van der Waals surface area contributed by atoms with Gasteiger partial charge in [-0.15, -0.1) is 0 Å². The molecule has 1 N–H and O–H groups in total. The van der Waals surface area contributed by atoms with Gasteiger partial charge < -0.3 is 5.32 Å². The van der Waals surface area contributed by atoms with Crippen LogP contribution in [0.5, 0.6) is 0 Å². The van der Waals surface area contributed by atoms with Crippen LogP contribution in [-0.4, -0.2) is 4.98 Å². The van der Waals surface area contributed by atoms with Gasteiger partial charge in [-0.2, -0.15) is 0 Å². The van der Waals surface area contributed by atoms with E-state index in [1.807, 2.05) is 43.5 Å². The van der Waals surface area contributed by atoms with Crippen molar-refractivity contribution in [2.24, 2.45) is 0 Å². The van der Waals surface area contributed by atoms with E-state index in [0.717, 1.165) is 22.9 Å². The molecule has 0 radical (unpaired) electrons. The molecule has 0 atom stereocenters. The fraction of sp³-hybridized carbons (Fsp3) is 0.154. The van der Waals surface area contributed by atoms with Crippen LogP contribution in [0.3, 0.4) is 0 Å². The average molecular weight is 233 g/mol. The summed E-state index contributed by atoms with van der Waals surface area (Å²) in [5, 5.41) is 4.06. The van der Waals surface area contributed by atoms with E-state index in [4.69, 9.17) is 11.6 Å². The zero-order valence-corrected chi connectivity index (χ0v) is 9.83. The van der Waals surface area contributed by atoms with Crippen molar-refractivity contribution in [2.45, 2.75) is 13.5 Å². The summed E-state index contributed by atoms with van der Waals surface area (Å²) in [6, 6.07) is 11.8. The molecule has 16 heavy (non-hydrogen) atoms. The summed E-state index contributed by atoms with van der Waals surface area (Å²) in [4.78, 5) is 4.24. The van der Waals surface area contributed by atoms with Crippen LogP contribution >= 0.6 is 11.6 Å². The summed E-state index contributed by atoms with van der Waals surface area (Å²) < 4.78 is 0. The standard InChI is InChI=1S/C13H13ClN2/c1-10-2-3-11(8-15-10)9-16-13-6-4-12(14)5-7-13/h2-8,16H,9H2,1H3. The third-order valence-corrected chi connectivity index (χ3v) is 2.57. The largest absolute Gasteiger partial charge is 0.381 e. The summed E-state index contributed by atoms with van der Waals surface area (Å²) in [5.41, 5.74) is 3.26. The summed E-state index contributed by atoms with van der Waals surface area (Å²) in [6.45, 7) is 2.76. The highest BCUT2D eigenvalue weighted by Gasteiger charge is 1.94. The van der Waals surface area contributed by atoms with Crippen LogP contribution in [0.2, 0.25) is 5.02 Å². The highest BCUT2D eigenvalue weighted by Crippen LogP contribution is 2.14. The lowest BCUT2D eigenvalue weighted by atomic mass is 10.2. The van der Waals surface area contributed by atoms with Crippen molar-refractivity contribution in [3.8, 4) is 0 Å². The fourth-order valence-corrected chi connectivity index (χ4v) is 1.50. The minimum Gasteiger partial charge on any atom is -0.381 e. The van der Waals surface area contributed by atoms with Crippen LogP contribution < -0.4 is 5.32 Å². The van der Waals surface area contributed by atoms with Crippen molar-refractivity contribution < 1.29 is 0 Å². The number of pyridine rings is 1. The molecule has 2 rings (SSSR count). The van der Waals surface area contributed by atoms with Gasteiger partial charge in [-0.05, 0) is 42.8 Å². The van der Waals surface area contributed by atoms with Crippen molar-refractivity contribution >= 4 is 17.3 Å². The normalized spacial score (nSPS) is 10.1. The number of aryl methyl sites for hydroxylation is 1. The van der Waals surface area contributed by atoms with E-state index in [9.17, 15) is 0 Å². The monoisotopic (exact) mass is 232 g/mol. The van der Waals surface area contributed by atoms with E-state index >= 15 is 0 Å². The maximum Gasteiger partial charge on any atom is 0.0416 e. The Hall–Kier alpha value is -1.54. The first-order chi connectivity index (χ1) is 7.74. The van der Waals surface area contributed by atoms with E-state index in [0.29, 0.717) is 0 Å². The lowest BCUT2D eigenvalue weighted by Gasteiger charge is -2.06. The van der Waals surface area contributed by atoms with Crippen LogP contribution in [0.1, 0.15) is 11.3 Å². The van der Waals surface area contributed by atoms with Crippen molar-refractivity contribution in [3.05, 3.63) is 58.9 Å². The molecule has 0 bridgehead atoms. The quantitative estimate of drug-likeness (QED) is 0.874. The first kappa shape index (κ1) is 11.0. The number of hydrogen-bond acceptors (Lipinski definition) is 2. The second kappa shape index (κ2) is 4.99. The second-order valence-corrected chi connectivity index (χ2v) is 4.10. The Labute approximate surface area is 100 Å². The molecule has 0 aliphatic rings. The molecule has 2 nitrogen and oxygen atoms in total. The molecule has 0 fully saturated rings. The van der Waals surface area contributed by atoms with Gasteiger partial charge in [-0.25, -0.2) is 0 Å². The molecule has 0 aliphatic carbocycles.